The van der Waals surface area contributed by atoms with Gasteiger partial charge < -0.3 is 4.57 Å². The minimum Gasteiger partial charge on any atom is -0.319 e. The number of aryl methyl sites for hydroxylation is 1. The van der Waals surface area contributed by atoms with Crippen molar-refractivity contribution < 1.29 is 0 Å². The molecule has 2 nitrogen and oxygen atoms in total. The van der Waals surface area contributed by atoms with Crippen molar-refractivity contribution in [2.45, 2.75) is 18.6 Å². The predicted octanol–water partition coefficient (Wildman–Crippen LogP) is 2.10. The van der Waals surface area contributed by atoms with Gasteiger partial charge in [0.05, 0.1) is 12.4 Å². The highest BCUT2D eigenvalue weighted by Gasteiger charge is 2.08. The Bertz CT molecular complexity index is 313. The van der Waals surface area contributed by atoms with E-state index in [1.807, 2.05) is 0 Å². The lowest BCUT2D eigenvalue weighted by Gasteiger charge is -2.10. The van der Waals surface area contributed by atoms with Crippen molar-refractivity contribution in [2.75, 3.05) is 0 Å². The number of thiol groups is 1. The molecule has 1 aliphatic rings. The molecule has 0 aliphatic carbocycles. The first-order valence-corrected chi connectivity index (χ1v) is 5.46. The number of nitrogens with zero attached hydrogens (tertiary/aromatic N) is 2. The van der Waals surface area contributed by atoms with Crippen LogP contribution in [0.25, 0.3) is 0 Å². The van der Waals surface area contributed by atoms with E-state index in [4.69, 9.17) is 0 Å². The molecule has 0 saturated carbocycles. The summed E-state index contributed by atoms with van der Waals surface area (Å²) < 4.78 is 2.08. The summed E-state index contributed by atoms with van der Waals surface area (Å²) in [6.07, 6.45) is 9.00. The third-order valence-electron chi connectivity index (χ3n) is 1.79. The van der Waals surface area contributed by atoms with Crippen LogP contribution in [0.15, 0.2) is 34.3 Å². The first-order chi connectivity index (χ1) is 5.92. The maximum Gasteiger partial charge on any atom is 0.155 e. The molecular weight excluding hydrogens is 168 g/mol. The normalized spacial score (nSPS) is 17.6. The van der Waals surface area contributed by atoms with Crippen molar-refractivity contribution in [1.82, 2.24) is 9.55 Å². The van der Waals surface area contributed by atoms with Crippen LogP contribution in [0.4, 0.5) is 0 Å². The molecule has 2 heterocycles. The molecule has 0 amide bonds. The topological polar surface area (TPSA) is 17.8 Å². The van der Waals surface area contributed by atoms with Gasteiger partial charge in [-0.3, -0.25) is 0 Å². The number of hydrogen-bond donors (Lipinski definition) is 1. The van der Waals surface area contributed by atoms with E-state index in [9.17, 15) is 0 Å². The fraction of sp³-hybridized carbons (Fsp3) is 0.222. The van der Waals surface area contributed by atoms with E-state index in [0.717, 1.165) is 11.7 Å². The molecule has 3 heteroatoms. The van der Waals surface area contributed by atoms with Crippen LogP contribution < -0.4 is 0 Å². The first kappa shape index (κ1) is 7.68. The lowest BCUT2D eigenvalue weighted by atomic mass is 10.6. The molecule has 0 N–H and O–H groups in total. The van der Waals surface area contributed by atoms with Gasteiger partial charge in [0.25, 0.3) is 0 Å². The van der Waals surface area contributed by atoms with Gasteiger partial charge >= 0.3 is 0 Å². The number of aromatic nitrogens is 2. The molecular formula is C9H11N2S. The Morgan fingerprint density at radius 3 is 2.92 bits per heavy atom. The summed E-state index contributed by atoms with van der Waals surface area (Å²) in [6.45, 7) is 3.07. The van der Waals surface area contributed by atoms with Gasteiger partial charge in [-0.1, -0.05) is 12.2 Å². The van der Waals surface area contributed by atoms with Crippen LogP contribution in [0.5, 0.6) is 0 Å². The van der Waals surface area contributed by atoms with Gasteiger partial charge in [-0.2, -0.15) is 10.9 Å². The summed E-state index contributed by atoms with van der Waals surface area (Å²) in [7, 11) is -0.270. The molecule has 0 atom stereocenters. The Morgan fingerprint density at radius 2 is 2.25 bits per heavy atom. The molecule has 0 spiro atoms. The zero-order valence-corrected chi connectivity index (χ0v) is 7.83. The molecule has 1 radical (unpaired) electrons. The van der Waals surface area contributed by atoms with E-state index in [2.05, 4.69) is 45.6 Å². The van der Waals surface area contributed by atoms with Gasteiger partial charge in [-0.25, -0.2) is 4.98 Å². The van der Waals surface area contributed by atoms with Crippen molar-refractivity contribution in [2.24, 2.45) is 0 Å². The second kappa shape index (κ2) is 3.19. The van der Waals surface area contributed by atoms with Gasteiger partial charge in [0.1, 0.15) is 0 Å². The number of allylic oxidation sites excluding steroid dienone is 2. The van der Waals surface area contributed by atoms with Crippen molar-refractivity contribution in [3.63, 3.8) is 0 Å². The number of imidazole rings is 1. The third kappa shape index (κ3) is 1.20. The average Bonchev–Trinajstić information content (AvgIpc) is 2.74. The lowest BCUT2D eigenvalue weighted by Crippen LogP contribution is -1.95. The third-order valence-corrected chi connectivity index (χ3v) is 3.59. The molecule has 0 aromatic carbocycles. The fourth-order valence-corrected chi connectivity index (χ4v) is 2.80. The summed E-state index contributed by atoms with van der Waals surface area (Å²) in [5.74, 6) is 0. The Morgan fingerprint density at radius 1 is 1.50 bits per heavy atom. The van der Waals surface area contributed by atoms with E-state index in [1.165, 1.54) is 0 Å². The van der Waals surface area contributed by atoms with Crippen LogP contribution in [-0.4, -0.2) is 9.55 Å². The van der Waals surface area contributed by atoms with Gasteiger partial charge in [-0.15, -0.1) is 0 Å². The van der Waals surface area contributed by atoms with E-state index < -0.39 is 0 Å². The Hall–Kier alpha value is -0.960. The van der Waals surface area contributed by atoms with Crippen LogP contribution in [0.1, 0.15) is 6.92 Å². The smallest absolute Gasteiger partial charge is 0.155 e. The van der Waals surface area contributed by atoms with Gasteiger partial charge in [-0.05, 0) is 17.7 Å². The summed E-state index contributed by atoms with van der Waals surface area (Å²) in [5.41, 5.74) is 0. The van der Waals surface area contributed by atoms with Gasteiger partial charge in [0.2, 0.25) is 0 Å². The maximum atomic E-state index is 4.30. The summed E-state index contributed by atoms with van der Waals surface area (Å²) in [6, 6.07) is 0. The maximum absolute atomic E-state index is 4.30. The Labute approximate surface area is 75.0 Å². The Balaban J connectivity index is 2.32. The Kier molecular flexibility index (Phi) is 2.04. The van der Waals surface area contributed by atoms with Crippen LogP contribution in [0.2, 0.25) is 0 Å². The summed E-state index contributed by atoms with van der Waals surface area (Å²) in [4.78, 5) is 4.30. The second-order valence-electron chi connectivity index (χ2n) is 2.52. The molecule has 12 heavy (non-hydrogen) atoms. The van der Waals surface area contributed by atoms with E-state index >= 15 is 0 Å². The van der Waals surface area contributed by atoms with E-state index in [-0.39, 0.29) is 10.9 Å². The van der Waals surface area contributed by atoms with Crippen molar-refractivity contribution >= 4 is 10.9 Å². The van der Waals surface area contributed by atoms with Gasteiger partial charge in [0.15, 0.2) is 5.16 Å². The largest absolute Gasteiger partial charge is 0.319 e. The molecule has 0 saturated heterocycles. The highest BCUT2D eigenvalue weighted by atomic mass is 32.2. The SMILES string of the molecule is CCn1[c]cnc1[SH]1C=CC=C1. The quantitative estimate of drug-likeness (QED) is 0.688. The summed E-state index contributed by atoms with van der Waals surface area (Å²) in [5, 5.41) is 5.56. The van der Waals surface area contributed by atoms with Crippen molar-refractivity contribution in [1.29, 1.82) is 0 Å². The zero-order valence-electron chi connectivity index (χ0n) is 6.94. The minimum atomic E-state index is -0.270. The lowest BCUT2D eigenvalue weighted by molar-refractivity contribution is 0.676. The van der Waals surface area contributed by atoms with E-state index in [1.54, 1.807) is 6.20 Å². The van der Waals surface area contributed by atoms with E-state index in [0.29, 0.717) is 0 Å². The molecule has 1 aromatic heterocycles. The van der Waals surface area contributed by atoms with Gasteiger partial charge in [0, 0.05) is 6.54 Å². The molecule has 63 valence electrons. The average molecular weight is 179 g/mol. The monoisotopic (exact) mass is 179 g/mol. The highest BCUT2D eigenvalue weighted by molar-refractivity contribution is 8.22. The molecule has 2 rings (SSSR count). The zero-order chi connectivity index (χ0) is 8.39. The highest BCUT2D eigenvalue weighted by Crippen LogP contribution is 2.40. The number of rotatable bonds is 2. The van der Waals surface area contributed by atoms with Crippen LogP contribution in [0.3, 0.4) is 0 Å². The van der Waals surface area contributed by atoms with Crippen LogP contribution in [0, 0.1) is 6.20 Å². The molecule has 0 bridgehead atoms. The molecule has 0 fully saturated rings. The minimum absolute atomic E-state index is 0.270. The predicted molar refractivity (Wildman–Crippen MR) is 52.3 cm³/mol. The molecule has 0 unspecified atom stereocenters. The van der Waals surface area contributed by atoms with Crippen molar-refractivity contribution in [3.05, 3.63) is 35.4 Å². The standard InChI is InChI=1S/C9H11N2S/c1-2-11-6-5-10-9(11)12-7-3-4-8-12/h3-5,7-8,12H,2H2,1H3. The van der Waals surface area contributed by atoms with Crippen LogP contribution >= 0.6 is 10.9 Å². The first-order valence-electron chi connectivity index (χ1n) is 3.98. The second-order valence-corrected chi connectivity index (χ2v) is 4.33. The van der Waals surface area contributed by atoms with Crippen LogP contribution in [-0.2, 0) is 6.54 Å². The number of hydrogen-bond acceptors (Lipinski definition) is 1. The molecule has 1 aromatic rings. The van der Waals surface area contributed by atoms with Crippen molar-refractivity contribution in [3.8, 4) is 0 Å². The molecule has 1 aliphatic heterocycles. The fourth-order valence-electron chi connectivity index (χ4n) is 1.19. The summed E-state index contributed by atoms with van der Waals surface area (Å²) >= 11 is 0.